The number of non-ortho nitro benzene ring substituents is 1. The molecule has 26 heavy (non-hydrogen) atoms. The molecule has 6 nitrogen and oxygen atoms in total. The van der Waals surface area contributed by atoms with Crippen LogP contribution >= 0.6 is 11.6 Å². The quantitative estimate of drug-likeness (QED) is 0.399. The Morgan fingerprint density at radius 2 is 2.04 bits per heavy atom. The highest BCUT2D eigenvalue weighted by Gasteiger charge is 2.15. The summed E-state index contributed by atoms with van der Waals surface area (Å²) in [5.41, 5.74) is 1.03. The number of amides is 1. The molecule has 0 aliphatic heterocycles. The van der Waals surface area contributed by atoms with Gasteiger partial charge in [0, 0.05) is 18.7 Å². The van der Waals surface area contributed by atoms with E-state index in [2.05, 4.69) is 12.2 Å². The first-order chi connectivity index (χ1) is 12.5. The maximum absolute atomic E-state index is 12.2. The normalized spacial score (nSPS) is 10.4. The second-order valence-corrected chi connectivity index (χ2v) is 6.14. The standard InChI is InChI=1S/C19H21ClN2O4/c1-2-12-26-18-8-4-3-6-14(18)7-5-11-21-19(23)16-13-15(22(24)25)9-10-17(16)20/h3-4,6,8-10,13H,2,5,7,11-12H2,1H3,(H,21,23). The molecule has 0 bridgehead atoms. The van der Waals surface area contributed by atoms with Crippen LogP contribution in [0.1, 0.15) is 35.7 Å². The summed E-state index contributed by atoms with van der Waals surface area (Å²) in [6.07, 6.45) is 2.40. The summed E-state index contributed by atoms with van der Waals surface area (Å²) in [5, 5.41) is 13.8. The Bertz CT molecular complexity index is 780. The second kappa shape index (κ2) is 9.77. The predicted molar refractivity (Wildman–Crippen MR) is 101 cm³/mol. The van der Waals surface area contributed by atoms with Crippen molar-refractivity contribution in [2.45, 2.75) is 26.2 Å². The molecule has 0 heterocycles. The smallest absolute Gasteiger partial charge is 0.270 e. The molecule has 0 aliphatic carbocycles. The Morgan fingerprint density at radius 1 is 1.27 bits per heavy atom. The van der Waals surface area contributed by atoms with E-state index in [0.29, 0.717) is 19.6 Å². The van der Waals surface area contributed by atoms with Crippen LogP contribution in [0.3, 0.4) is 0 Å². The fourth-order valence-electron chi connectivity index (χ4n) is 2.44. The van der Waals surface area contributed by atoms with E-state index >= 15 is 0 Å². The predicted octanol–water partition coefficient (Wildman–Crippen LogP) is 4.40. The summed E-state index contributed by atoms with van der Waals surface area (Å²) in [5.74, 6) is 0.441. The van der Waals surface area contributed by atoms with Gasteiger partial charge in [0.25, 0.3) is 11.6 Å². The zero-order valence-electron chi connectivity index (χ0n) is 14.5. The molecule has 1 N–H and O–H groups in total. The number of nitro groups is 1. The number of halogens is 1. The fourth-order valence-corrected chi connectivity index (χ4v) is 2.64. The fraction of sp³-hybridized carbons (Fsp3) is 0.316. The molecule has 0 radical (unpaired) electrons. The van der Waals surface area contributed by atoms with Crippen LogP contribution in [0.25, 0.3) is 0 Å². The molecule has 0 aromatic heterocycles. The number of aryl methyl sites for hydroxylation is 1. The summed E-state index contributed by atoms with van der Waals surface area (Å²) >= 11 is 5.97. The first kappa shape index (κ1) is 19.7. The largest absolute Gasteiger partial charge is 0.493 e. The summed E-state index contributed by atoms with van der Waals surface area (Å²) in [6.45, 7) is 3.15. The van der Waals surface area contributed by atoms with Crippen LogP contribution in [0, 0.1) is 10.1 Å². The molecule has 7 heteroatoms. The molecular weight excluding hydrogens is 356 g/mol. The number of carbonyl (C=O) groups is 1. The highest BCUT2D eigenvalue weighted by Crippen LogP contribution is 2.22. The van der Waals surface area contributed by atoms with Crippen molar-refractivity contribution in [3.8, 4) is 5.75 Å². The Morgan fingerprint density at radius 3 is 2.77 bits per heavy atom. The molecule has 2 aromatic carbocycles. The van der Waals surface area contributed by atoms with Crippen molar-refractivity contribution >= 4 is 23.2 Å². The van der Waals surface area contributed by atoms with E-state index in [1.807, 2.05) is 24.3 Å². The number of hydrogen-bond donors (Lipinski definition) is 1. The summed E-state index contributed by atoms with van der Waals surface area (Å²) in [4.78, 5) is 22.5. The van der Waals surface area contributed by atoms with Crippen LogP contribution in [-0.4, -0.2) is 24.0 Å². The van der Waals surface area contributed by atoms with E-state index < -0.39 is 10.8 Å². The van der Waals surface area contributed by atoms with Crippen LogP contribution in [-0.2, 0) is 6.42 Å². The third-order valence-electron chi connectivity index (χ3n) is 3.75. The van der Waals surface area contributed by atoms with Crippen LogP contribution in [0.5, 0.6) is 5.75 Å². The first-order valence-corrected chi connectivity index (χ1v) is 8.83. The van der Waals surface area contributed by atoms with E-state index in [1.54, 1.807) is 0 Å². The minimum atomic E-state index is -0.555. The van der Waals surface area contributed by atoms with E-state index in [4.69, 9.17) is 16.3 Å². The Hall–Kier alpha value is -2.60. The molecule has 2 rings (SSSR count). The van der Waals surface area contributed by atoms with Gasteiger partial charge in [0.05, 0.1) is 22.1 Å². The van der Waals surface area contributed by atoms with Gasteiger partial charge in [0.2, 0.25) is 0 Å². The number of hydrogen-bond acceptors (Lipinski definition) is 4. The third kappa shape index (κ3) is 5.46. The summed E-state index contributed by atoms with van der Waals surface area (Å²) in [6, 6.07) is 11.6. The van der Waals surface area contributed by atoms with Gasteiger partial charge in [-0.2, -0.15) is 0 Å². The highest BCUT2D eigenvalue weighted by molar-refractivity contribution is 6.33. The van der Waals surface area contributed by atoms with Gasteiger partial charge in [-0.05, 0) is 37.0 Å². The summed E-state index contributed by atoms with van der Waals surface area (Å²) in [7, 11) is 0. The molecular formula is C19H21ClN2O4. The number of ether oxygens (including phenoxy) is 1. The lowest BCUT2D eigenvalue weighted by Gasteiger charge is -2.11. The van der Waals surface area contributed by atoms with Crippen molar-refractivity contribution in [3.63, 3.8) is 0 Å². The molecule has 1 amide bonds. The summed E-state index contributed by atoms with van der Waals surface area (Å²) < 4.78 is 5.72. The molecule has 2 aromatic rings. The SMILES string of the molecule is CCCOc1ccccc1CCCNC(=O)c1cc([N+](=O)[O-])ccc1Cl. The van der Waals surface area contributed by atoms with Crippen LogP contribution in [0.15, 0.2) is 42.5 Å². The van der Waals surface area contributed by atoms with Crippen LogP contribution < -0.4 is 10.1 Å². The lowest BCUT2D eigenvalue weighted by Crippen LogP contribution is -2.25. The Balaban J connectivity index is 1.90. The maximum Gasteiger partial charge on any atom is 0.270 e. The zero-order chi connectivity index (χ0) is 18.9. The van der Waals surface area contributed by atoms with Crippen molar-refractivity contribution in [1.82, 2.24) is 5.32 Å². The molecule has 0 spiro atoms. The number of nitrogens with zero attached hydrogens (tertiary/aromatic N) is 1. The Labute approximate surface area is 157 Å². The molecule has 138 valence electrons. The number of rotatable bonds is 9. The van der Waals surface area contributed by atoms with Gasteiger partial charge in [-0.15, -0.1) is 0 Å². The molecule has 0 unspecified atom stereocenters. The molecule has 0 fully saturated rings. The third-order valence-corrected chi connectivity index (χ3v) is 4.08. The molecule has 0 saturated heterocycles. The number of benzene rings is 2. The minimum Gasteiger partial charge on any atom is -0.493 e. The average molecular weight is 377 g/mol. The lowest BCUT2D eigenvalue weighted by molar-refractivity contribution is -0.384. The molecule has 0 atom stereocenters. The van der Waals surface area contributed by atoms with Gasteiger partial charge in [-0.3, -0.25) is 14.9 Å². The van der Waals surface area contributed by atoms with E-state index in [1.165, 1.54) is 18.2 Å². The number of para-hydroxylation sites is 1. The average Bonchev–Trinajstić information content (AvgIpc) is 2.64. The topological polar surface area (TPSA) is 81.5 Å². The van der Waals surface area contributed by atoms with Crippen LogP contribution in [0.2, 0.25) is 5.02 Å². The number of nitrogens with one attached hydrogen (secondary N) is 1. The van der Waals surface area contributed by atoms with E-state index in [0.717, 1.165) is 24.2 Å². The van der Waals surface area contributed by atoms with Gasteiger partial charge in [-0.25, -0.2) is 0 Å². The molecule has 0 aliphatic rings. The van der Waals surface area contributed by atoms with Crippen molar-refractivity contribution in [2.24, 2.45) is 0 Å². The number of carbonyl (C=O) groups excluding carboxylic acids is 1. The first-order valence-electron chi connectivity index (χ1n) is 8.45. The van der Waals surface area contributed by atoms with Crippen molar-refractivity contribution in [3.05, 3.63) is 68.7 Å². The maximum atomic E-state index is 12.2. The van der Waals surface area contributed by atoms with Gasteiger partial charge in [0.15, 0.2) is 0 Å². The van der Waals surface area contributed by atoms with Crippen molar-refractivity contribution < 1.29 is 14.5 Å². The lowest BCUT2D eigenvalue weighted by atomic mass is 10.1. The van der Waals surface area contributed by atoms with Gasteiger partial charge >= 0.3 is 0 Å². The van der Waals surface area contributed by atoms with Crippen molar-refractivity contribution in [2.75, 3.05) is 13.2 Å². The Kier molecular flexibility index (Phi) is 7.41. The van der Waals surface area contributed by atoms with Gasteiger partial charge in [-0.1, -0.05) is 36.7 Å². The van der Waals surface area contributed by atoms with E-state index in [9.17, 15) is 14.9 Å². The van der Waals surface area contributed by atoms with Crippen molar-refractivity contribution in [1.29, 1.82) is 0 Å². The van der Waals surface area contributed by atoms with E-state index in [-0.39, 0.29) is 16.3 Å². The van der Waals surface area contributed by atoms with Gasteiger partial charge < -0.3 is 10.1 Å². The minimum absolute atomic E-state index is 0.104. The molecule has 0 saturated carbocycles. The van der Waals surface area contributed by atoms with Gasteiger partial charge in [0.1, 0.15) is 5.75 Å². The number of nitro benzene ring substituents is 1. The second-order valence-electron chi connectivity index (χ2n) is 5.74. The zero-order valence-corrected chi connectivity index (χ0v) is 15.3. The highest BCUT2D eigenvalue weighted by atomic mass is 35.5. The van der Waals surface area contributed by atoms with Crippen LogP contribution in [0.4, 0.5) is 5.69 Å². The monoisotopic (exact) mass is 376 g/mol.